The Balaban J connectivity index is 1.40. The molecule has 6 aromatic rings. The molecule has 1 N–H and O–H groups in total. The lowest BCUT2D eigenvalue weighted by molar-refractivity contribution is 0.589. The monoisotopic (exact) mass is 434 g/mol. The lowest BCUT2D eigenvalue weighted by Crippen LogP contribution is -1.81. The predicted molar refractivity (Wildman–Crippen MR) is 132 cm³/mol. The third-order valence-electron chi connectivity index (χ3n) is 5.88. The first-order valence-corrected chi connectivity index (χ1v) is 10.9. The second-order valence-electron chi connectivity index (χ2n) is 8.06. The van der Waals surface area contributed by atoms with Gasteiger partial charge in [-0.2, -0.15) is 0 Å². The second-order valence-corrected chi connectivity index (χ2v) is 8.50. The minimum Gasteiger partial charge on any atom is -0.436 e. The fourth-order valence-electron chi connectivity index (χ4n) is 4.14. The van der Waals surface area contributed by atoms with Crippen molar-refractivity contribution in [1.82, 2.24) is 9.97 Å². The van der Waals surface area contributed by atoms with Gasteiger partial charge in [-0.15, -0.1) is 0 Å². The number of rotatable bonds is 3. The number of nitrogens with zero attached hydrogens (tertiary/aromatic N) is 1. The first kappa shape index (κ1) is 18.9. The number of halogens is 1. The number of nitrogens with one attached hydrogen (secondary N) is 1. The van der Waals surface area contributed by atoms with Gasteiger partial charge in [-0.3, -0.25) is 0 Å². The lowest BCUT2D eigenvalue weighted by atomic mass is 9.99. The zero-order chi connectivity index (χ0) is 21.7. The van der Waals surface area contributed by atoms with Crippen molar-refractivity contribution in [2.45, 2.75) is 6.92 Å². The molecule has 0 fully saturated rings. The molecule has 2 aromatic heterocycles. The summed E-state index contributed by atoms with van der Waals surface area (Å²) in [6, 6.07) is 27.0. The van der Waals surface area contributed by atoms with Crippen LogP contribution in [0.2, 0.25) is 5.02 Å². The highest BCUT2D eigenvalue weighted by atomic mass is 35.5. The van der Waals surface area contributed by atoms with E-state index in [1.54, 1.807) is 6.20 Å². The molecule has 2 heterocycles. The Kier molecular flexibility index (Phi) is 4.37. The van der Waals surface area contributed by atoms with Crippen LogP contribution < -0.4 is 0 Å². The highest BCUT2D eigenvalue weighted by Gasteiger charge is 2.11. The molecule has 0 aliphatic rings. The van der Waals surface area contributed by atoms with E-state index in [9.17, 15) is 0 Å². The SMILES string of the molecule is Cc1ccc(-c2cnc(-c3ccc4ccc(-c5c[nH]c6cc(Cl)ccc56)cc4c3)o2)cc1. The quantitative estimate of drug-likeness (QED) is 0.304. The molecule has 0 aliphatic carbocycles. The molecule has 0 aliphatic heterocycles. The van der Waals surface area contributed by atoms with Gasteiger partial charge in [-0.25, -0.2) is 4.98 Å². The summed E-state index contributed by atoms with van der Waals surface area (Å²) < 4.78 is 6.09. The number of benzene rings is 4. The molecule has 0 unspecified atom stereocenters. The zero-order valence-corrected chi connectivity index (χ0v) is 18.1. The summed E-state index contributed by atoms with van der Waals surface area (Å²) in [6.45, 7) is 2.07. The molecule has 3 nitrogen and oxygen atoms in total. The Hall–Kier alpha value is -3.82. The van der Waals surface area contributed by atoms with E-state index in [4.69, 9.17) is 16.0 Å². The molecule has 0 amide bonds. The van der Waals surface area contributed by atoms with Crippen LogP contribution in [0.25, 0.3) is 55.6 Å². The number of aryl methyl sites for hydroxylation is 1. The first-order chi connectivity index (χ1) is 15.6. The highest BCUT2D eigenvalue weighted by molar-refractivity contribution is 6.31. The van der Waals surface area contributed by atoms with Crippen LogP contribution in [0, 0.1) is 6.92 Å². The standard InChI is InChI=1S/C28H19ClN2O/c1-17-2-4-19(5-3-17)27-16-31-28(32-27)21-9-7-18-6-8-20(12-22(18)13-21)25-15-30-26-14-23(29)10-11-24(25)26/h2-16,30H,1H3. The van der Waals surface area contributed by atoms with Crippen LogP contribution in [0.1, 0.15) is 5.56 Å². The van der Waals surface area contributed by atoms with E-state index >= 15 is 0 Å². The van der Waals surface area contributed by atoms with Gasteiger partial charge in [0.2, 0.25) is 5.89 Å². The van der Waals surface area contributed by atoms with Gasteiger partial charge in [0.15, 0.2) is 5.76 Å². The van der Waals surface area contributed by atoms with E-state index in [0.717, 1.165) is 49.3 Å². The van der Waals surface area contributed by atoms with E-state index < -0.39 is 0 Å². The molecule has 32 heavy (non-hydrogen) atoms. The second kappa shape index (κ2) is 7.40. The summed E-state index contributed by atoms with van der Waals surface area (Å²) >= 11 is 6.14. The van der Waals surface area contributed by atoms with Crippen molar-refractivity contribution >= 4 is 33.3 Å². The number of aromatic nitrogens is 2. The molecule has 4 aromatic carbocycles. The summed E-state index contributed by atoms with van der Waals surface area (Å²) in [5.74, 6) is 1.39. The molecule has 154 valence electrons. The van der Waals surface area contributed by atoms with Crippen LogP contribution >= 0.6 is 11.6 Å². The van der Waals surface area contributed by atoms with E-state index in [-0.39, 0.29) is 0 Å². The van der Waals surface area contributed by atoms with Crippen molar-refractivity contribution in [2.75, 3.05) is 0 Å². The Morgan fingerprint density at radius 3 is 2.38 bits per heavy atom. The number of fused-ring (bicyclic) bond motifs is 2. The van der Waals surface area contributed by atoms with Gasteiger partial charge in [-0.1, -0.05) is 65.7 Å². The molecule has 0 saturated carbocycles. The Morgan fingerprint density at radius 2 is 1.53 bits per heavy atom. The fraction of sp³-hybridized carbons (Fsp3) is 0.0357. The van der Waals surface area contributed by atoms with Gasteiger partial charge in [0.05, 0.1) is 6.20 Å². The average Bonchev–Trinajstić information content (AvgIpc) is 3.46. The van der Waals surface area contributed by atoms with Crippen molar-refractivity contribution in [1.29, 1.82) is 0 Å². The first-order valence-electron chi connectivity index (χ1n) is 10.5. The van der Waals surface area contributed by atoms with Crippen molar-refractivity contribution in [3.8, 4) is 33.9 Å². The van der Waals surface area contributed by atoms with E-state index in [1.807, 2.05) is 18.3 Å². The molecule has 0 bridgehead atoms. The molecule has 4 heteroatoms. The number of oxazole rings is 1. The normalized spacial score (nSPS) is 11.4. The van der Waals surface area contributed by atoms with Gasteiger partial charge in [0.1, 0.15) is 0 Å². The largest absolute Gasteiger partial charge is 0.436 e. The van der Waals surface area contributed by atoms with Crippen molar-refractivity contribution in [2.24, 2.45) is 0 Å². The Bertz CT molecular complexity index is 1590. The van der Waals surface area contributed by atoms with Crippen LogP contribution in [0.3, 0.4) is 0 Å². The van der Waals surface area contributed by atoms with Crippen LogP contribution in [0.4, 0.5) is 0 Å². The number of hydrogen-bond acceptors (Lipinski definition) is 2. The number of hydrogen-bond donors (Lipinski definition) is 1. The third-order valence-corrected chi connectivity index (χ3v) is 6.12. The highest BCUT2D eigenvalue weighted by Crippen LogP contribution is 2.34. The summed E-state index contributed by atoms with van der Waals surface area (Å²) in [7, 11) is 0. The summed E-state index contributed by atoms with van der Waals surface area (Å²) in [5, 5.41) is 4.19. The molecular weight excluding hydrogens is 416 g/mol. The summed E-state index contributed by atoms with van der Waals surface area (Å²) in [4.78, 5) is 7.85. The summed E-state index contributed by atoms with van der Waals surface area (Å²) in [6.07, 6.45) is 3.83. The maximum atomic E-state index is 6.14. The maximum absolute atomic E-state index is 6.14. The van der Waals surface area contributed by atoms with Gasteiger partial charge < -0.3 is 9.40 Å². The molecule has 0 spiro atoms. The number of aromatic amines is 1. The van der Waals surface area contributed by atoms with Gasteiger partial charge >= 0.3 is 0 Å². The van der Waals surface area contributed by atoms with E-state index in [0.29, 0.717) is 5.89 Å². The third kappa shape index (κ3) is 3.28. The van der Waals surface area contributed by atoms with E-state index in [2.05, 4.69) is 83.6 Å². The minimum atomic E-state index is 0.620. The van der Waals surface area contributed by atoms with Crippen LogP contribution in [-0.2, 0) is 0 Å². The van der Waals surface area contributed by atoms with Gasteiger partial charge in [-0.05, 0) is 53.6 Å². The maximum Gasteiger partial charge on any atom is 0.226 e. The molecule has 6 rings (SSSR count). The van der Waals surface area contributed by atoms with Crippen LogP contribution in [-0.4, -0.2) is 9.97 Å². The van der Waals surface area contributed by atoms with Crippen LogP contribution in [0.15, 0.2) is 95.7 Å². The van der Waals surface area contributed by atoms with Crippen LogP contribution in [0.5, 0.6) is 0 Å². The van der Waals surface area contributed by atoms with Gasteiger partial charge in [0, 0.05) is 38.8 Å². The Morgan fingerprint density at radius 1 is 0.781 bits per heavy atom. The fourth-order valence-corrected chi connectivity index (χ4v) is 4.32. The predicted octanol–water partition coefficient (Wildman–Crippen LogP) is 8.27. The smallest absolute Gasteiger partial charge is 0.226 e. The zero-order valence-electron chi connectivity index (χ0n) is 17.4. The summed E-state index contributed by atoms with van der Waals surface area (Å²) in [5.41, 5.74) is 6.54. The van der Waals surface area contributed by atoms with E-state index in [1.165, 1.54) is 10.9 Å². The topological polar surface area (TPSA) is 41.8 Å². The molecule has 0 atom stereocenters. The van der Waals surface area contributed by atoms with Crippen molar-refractivity contribution < 1.29 is 4.42 Å². The minimum absolute atomic E-state index is 0.620. The lowest BCUT2D eigenvalue weighted by Gasteiger charge is -2.05. The molecule has 0 radical (unpaired) electrons. The Labute approximate surface area is 190 Å². The number of H-pyrrole nitrogens is 1. The molecular formula is C28H19ClN2O. The van der Waals surface area contributed by atoms with Gasteiger partial charge in [0.25, 0.3) is 0 Å². The van der Waals surface area contributed by atoms with Crippen molar-refractivity contribution in [3.05, 3.63) is 102 Å². The average molecular weight is 435 g/mol. The van der Waals surface area contributed by atoms with Crippen molar-refractivity contribution in [3.63, 3.8) is 0 Å². The molecule has 0 saturated heterocycles.